The standard InChI is InChI=1S/C12H16F3NO3/c1-2-19-11-5-8(3-4-10(11)18)9(6-17)16-7-12(13,14)15/h3-5,9,16-18H,2,6-7H2,1H3. The highest BCUT2D eigenvalue weighted by atomic mass is 19.4. The van der Waals surface area contributed by atoms with Crippen LogP contribution in [0.1, 0.15) is 18.5 Å². The molecular formula is C12H16F3NO3. The quantitative estimate of drug-likeness (QED) is 0.745. The van der Waals surface area contributed by atoms with E-state index in [1.165, 1.54) is 18.2 Å². The van der Waals surface area contributed by atoms with Crippen molar-refractivity contribution in [2.24, 2.45) is 0 Å². The molecule has 0 bridgehead atoms. The summed E-state index contributed by atoms with van der Waals surface area (Å²) in [6.45, 7) is 0.337. The van der Waals surface area contributed by atoms with Crippen molar-refractivity contribution in [3.05, 3.63) is 23.8 Å². The summed E-state index contributed by atoms with van der Waals surface area (Å²) in [6.07, 6.45) is -4.35. The van der Waals surface area contributed by atoms with Gasteiger partial charge in [0.15, 0.2) is 11.5 Å². The van der Waals surface area contributed by atoms with Crippen LogP contribution in [0, 0.1) is 0 Å². The lowest BCUT2D eigenvalue weighted by molar-refractivity contribution is -0.126. The number of phenolic OH excluding ortho intramolecular Hbond substituents is 1. The van der Waals surface area contributed by atoms with Gasteiger partial charge in [0.25, 0.3) is 0 Å². The van der Waals surface area contributed by atoms with Crippen LogP contribution in [0.2, 0.25) is 0 Å². The highest BCUT2D eigenvalue weighted by Crippen LogP contribution is 2.29. The average molecular weight is 279 g/mol. The van der Waals surface area contributed by atoms with Crippen LogP contribution < -0.4 is 10.1 Å². The monoisotopic (exact) mass is 279 g/mol. The molecule has 0 saturated heterocycles. The van der Waals surface area contributed by atoms with Gasteiger partial charge >= 0.3 is 6.18 Å². The number of halogens is 3. The largest absolute Gasteiger partial charge is 0.504 e. The molecule has 0 spiro atoms. The first kappa shape index (κ1) is 15.6. The Hall–Kier alpha value is -1.47. The number of phenols is 1. The molecule has 0 aliphatic heterocycles. The van der Waals surface area contributed by atoms with E-state index < -0.39 is 25.4 Å². The fourth-order valence-corrected chi connectivity index (χ4v) is 1.55. The van der Waals surface area contributed by atoms with E-state index in [0.717, 1.165) is 0 Å². The summed E-state index contributed by atoms with van der Waals surface area (Å²) in [5.74, 6) is 0.0744. The number of ether oxygens (including phenoxy) is 1. The summed E-state index contributed by atoms with van der Waals surface area (Å²) in [5, 5.41) is 20.8. The van der Waals surface area contributed by atoms with Gasteiger partial charge in [-0.05, 0) is 24.6 Å². The van der Waals surface area contributed by atoms with E-state index in [2.05, 4.69) is 5.32 Å². The molecule has 0 aliphatic rings. The molecule has 0 saturated carbocycles. The van der Waals surface area contributed by atoms with Gasteiger partial charge in [-0.3, -0.25) is 5.32 Å². The Morgan fingerprint density at radius 1 is 1.37 bits per heavy atom. The molecule has 0 heterocycles. The van der Waals surface area contributed by atoms with Crippen LogP contribution in [0.15, 0.2) is 18.2 Å². The smallest absolute Gasteiger partial charge is 0.401 e. The molecule has 0 radical (unpaired) electrons. The third-order valence-corrected chi connectivity index (χ3v) is 2.42. The number of alkyl halides is 3. The third kappa shape index (κ3) is 4.96. The first-order chi connectivity index (χ1) is 8.87. The van der Waals surface area contributed by atoms with Gasteiger partial charge in [-0.2, -0.15) is 13.2 Å². The van der Waals surface area contributed by atoms with Crippen molar-refractivity contribution >= 4 is 0 Å². The predicted molar refractivity (Wildman–Crippen MR) is 63.2 cm³/mol. The Kier molecular flexibility index (Phi) is 5.44. The van der Waals surface area contributed by atoms with E-state index in [9.17, 15) is 18.3 Å². The molecule has 1 atom stereocenters. The number of hydrogen-bond donors (Lipinski definition) is 3. The maximum absolute atomic E-state index is 12.1. The number of hydrogen-bond acceptors (Lipinski definition) is 4. The Balaban J connectivity index is 2.83. The van der Waals surface area contributed by atoms with Gasteiger partial charge in [-0.15, -0.1) is 0 Å². The first-order valence-corrected chi connectivity index (χ1v) is 5.74. The van der Waals surface area contributed by atoms with Crippen molar-refractivity contribution < 1.29 is 28.1 Å². The molecule has 0 amide bonds. The van der Waals surface area contributed by atoms with Crippen molar-refractivity contribution in [3.63, 3.8) is 0 Å². The van der Waals surface area contributed by atoms with E-state index in [-0.39, 0.29) is 11.5 Å². The highest BCUT2D eigenvalue weighted by molar-refractivity contribution is 5.42. The minimum absolute atomic E-state index is 0.0990. The molecule has 1 unspecified atom stereocenters. The van der Waals surface area contributed by atoms with Gasteiger partial charge in [-0.25, -0.2) is 0 Å². The second-order valence-electron chi connectivity index (χ2n) is 3.89. The van der Waals surface area contributed by atoms with Gasteiger partial charge in [0.05, 0.1) is 25.8 Å². The van der Waals surface area contributed by atoms with Crippen molar-refractivity contribution in [2.75, 3.05) is 19.8 Å². The maximum Gasteiger partial charge on any atom is 0.401 e. The van der Waals surface area contributed by atoms with Crippen molar-refractivity contribution in [3.8, 4) is 11.5 Å². The zero-order valence-corrected chi connectivity index (χ0v) is 10.4. The number of rotatable bonds is 6. The second kappa shape index (κ2) is 6.63. The van der Waals surface area contributed by atoms with Crippen LogP contribution in [0.25, 0.3) is 0 Å². The summed E-state index contributed by atoms with van der Waals surface area (Å²) in [6, 6.07) is 3.28. The van der Waals surface area contributed by atoms with E-state index in [0.29, 0.717) is 12.2 Å². The molecule has 4 nitrogen and oxygen atoms in total. The summed E-state index contributed by atoms with van der Waals surface area (Å²) in [4.78, 5) is 0. The number of aliphatic hydroxyl groups excluding tert-OH is 1. The van der Waals surface area contributed by atoms with Gasteiger partial charge in [0.1, 0.15) is 0 Å². The zero-order chi connectivity index (χ0) is 14.5. The zero-order valence-electron chi connectivity index (χ0n) is 10.4. The van der Waals surface area contributed by atoms with Crippen LogP contribution in [0.5, 0.6) is 11.5 Å². The Labute approximate surface area is 108 Å². The SMILES string of the molecule is CCOc1cc(C(CO)NCC(F)(F)F)ccc1O. The maximum atomic E-state index is 12.1. The lowest BCUT2D eigenvalue weighted by Crippen LogP contribution is -2.33. The van der Waals surface area contributed by atoms with Crippen LogP contribution in [0.4, 0.5) is 13.2 Å². The van der Waals surface area contributed by atoms with Crippen LogP contribution in [0.3, 0.4) is 0 Å². The number of benzene rings is 1. The van der Waals surface area contributed by atoms with Crippen LogP contribution >= 0.6 is 0 Å². The summed E-state index contributed by atoms with van der Waals surface area (Å²) in [5.41, 5.74) is 0.410. The highest BCUT2D eigenvalue weighted by Gasteiger charge is 2.28. The molecule has 0 aromatic heterocycles. The van der Waals surface area contributed by atoms with Crippen molar-refractivity contribution in [2.45, 2.75) is 19.1 Å². The van der Waals surface area contributed by atoms with E-state index >= 15 is 0 Å². The molecule has 7 heteroatoms. The summed E-state index contributed by atoms with van der Waals surface area (Å²) in [7, 11) is 0. The average Bonchev–Trinajstić information content (AvgIpc) is 2.32. The molecule has 1 aromatic carbocycles. The topological polar surface area (TPSA) is 61.7 Å². The molecule has 0 fully saturated rings. The number of nitrogens with one attached hydrogen (secondary N) is 1. The van der Waals surface area contributed by atoms with Gasteiger partial charge in [0, 0.05) is 0 Å². The molecule has 0 aliphatic carbocycles. The Morgan fingerprint density at radius 2 is 2.05 bits per heavy atom. The van der Waals surface area contributed by atoms with E-state index in [1.54, 1.807) is 6.92 Å². The molecule has 19 heavy (non-hydrogen) atoms. The fraction of sp³-hybridized carbons (Fsp3) is 0.500. The predicted octanol–water partition coefficient (Wildman–Crippen LogP) is 1.98. The van der Waals surface area contributed by atoms with Gasteiger partial charge < -0.3 is 14.9 Å². The Bertz CT molecular complexity index is 410. The van der Waals surface area contributed by atoms with Gasteiger partial charge in [0.2, 0.25) is 0 Å². The molecule has 108 valence electrons. The molecular weight excluding hydrogens is 263 g/mol. The van der Waals surface area contributed by atoms with Gasteiger partial charge in [-0.1, -0.05) is 6.07 Å². The molecule has 3 N–H and O–H groups in total. The summed E-state index contributed by atoms with van der Waals surface area (Å²) >= 11 is 0. The molecule has 1 rings (SSSR count). The minimum Gasteiger partial charge on any atom is -0.504 e. The lowest BCUT2D eigenvalue weighted by atomic mass is 10.1. The molecule has 1 aromatic rings. The normalized spacial score (nSPS) is 13.3. The lowest BCUT2D eigenvalue weighted by Gasteiger charge is -2.19. The first-order valence-electron chi connectivity index (χ1n) is 5.74. The number of aliphatic hydroxyl groups is 1. The van der Waals surface area contributed by atoms with Crippen molar-refractivity contribution in [1.29, 1.82) is 0 Å². The third-order valence-electron chi connectivity index (χ3n) is 2.42. The summed E-state index contributed by atoms with van der Waals surface area (Å²) < 4.78 is 41.5. The van der Waals surface area contributed by atoms with Crippen LogP contribution in [-0.2, 0) is 0 Å². The number of aromatic hydroxyl groups is 1. The van der Waals surface area contributed by atoms with Crippen molar-refractivity contribution in [1.82, 2.24) is 5.32 Å². The Morgan fingerprint density at radius 3 is 2.58 bits per heavy atom. The van der Waals surface area contributed by atoms with Crippen LogP contribution in [-0.4, -0.2) is 36.1 Å². The van der Waals surface area contributed by atoms with E-state index in [4.69, 9.17) is 9.84 Å². The fourth-order valence-electron chi connectivity index (χ4n) is 1.55. The second-order valence-corrected chi connectivity index (χ2v) is 3.89. The minimum atomic E-state index is -4.35. The van der Waals surface area contributed by atoms with E-state index in [1.807, 2.05) is 0 Å².